The van der Waals surface area contributed by atoms with E-state index in [4.69, 9.17) is 8.83 Å². The monoisotopic (exact) mass is 798 g/mol. The van der Waals surface area contributed by atoms with Crippen LogP contribution < -0.4 is 15.8 Å². The number of nitrogens with zero attached hydrogens (tertiary/aromatic N) is 2. The summed E-state index contributed by atoms with van der Waals surface area (Å²) in [6.07, 6.45) is 1.82. The number of hydrogen-bond donors (Lipinski definition) is 0. The van der Waals surface area contributed by atoms with E-state index < -0.39 is 0 Å². The van der Waals surface area contributed by atoms with Crippen LogP contribution in [0.4, 0.5) is 11.4 Å². The normalized spacial score (nSPS) is 13.6. The van der Waals surface area contributed by atoms with E-state index >= 15 is 0 Å². The largest absolute Gasteiger partial charge is 0.456 e. The molecular weight excluding hydrogens is 755 g/mol. The molecule has 2 aliphatic heterocycles. The molecule has 5 heterocycles. The highest BCUT2D eigenvalue weighted by molar-refractivity contribution is 6.90. The first kappa shape index (κ1) is 35.5. The lowest BCUT2D eigenvalue weighted by molar-refractivity contribution is 0.590. The van der Waals surface area contributed by atoms with Gasteiger partial charge in [-0.25, -0.2) is 0 Å². The molecule has 0 saturated carbocycles. The van der Waals surface area contributed by atoms with Crippen molar-refractivity contribution in [2.45, 2.75) is 45.6 Å². The molecule has 0 unspecified atom stereocenters. The van der Waals surface area contributed by atoms with Crippen molar-refractivity contribution in [2.75, 3.05) is 4.90 Å². The predicted octanol–water partition coefficient (Wildman–Crippen LogP) is 13.5. The third-order valence-corrected chi connectivity index (χ3v) is 13.8. The first-order valence-electron chi connectivity index (χ1n) is 21.9. The van der Waals surface area contributed by atoms with Crippen molar-refractivity contribution in [1.29, 1.82) is 0 Å². The molecule has 2 aliphatic rings. The van der Waals surface area contributed by atoms with Crippen LogP contribution in [0.15, 0.2) is 179 Å². The second kappa shape index (κ2) is 13.1. The molecular formula is C57H43BN2O2. The molecule has 5 heteroatoms. The van der Waals surface area contributed by atoms with Crippen LogP contribution in [0.3, 0.4) is 0 Å². The molecule has 0 bridgehead atoms. The quantitative estimate of drug-likeness (QED) is 0.166. The maximum Gasteiger partial charge on any atom is 0.333 e. The highest BCUT2D eigenvalue weighted by Gasteiger charge is 2.43. The van der Waals surface area contributed by atoms with E-state index in [-0.39, 0.29) is 12.3 Å². The summed E-state index contributed by atoms with van der Waals surface area (Å²) in [4.78, 5) is 2.63. The second-order valence-corrected chi connectivity index (χ2v) is 18.3. The van der Waals surface area contributed by atoms with Crippen molar-refractivity contribution in [3.05, 3.63) is 192 Å². The van der Waals surface area contributed by atoms with Crippen LogP contribution in [-0.2, 0) is 24.8 Å². The molecule has 62 heavy (non-hydrogen) atoms. The molecule has 0 aliphatic carbocycles. The van der Waals surface area contributed by atoms with Gasteiger partial charge in [-0.15, -0.1) is 0 Å². The van der Waals surface area contributed by atoms with Gasteiger partial charge in [0.05, 0.1) is 5.52 Å². The summed E-state index contributed by atoms with van der Waals surface area (Å²) in [5, 5.41) is 4.61. The number of para-hydroxylation sites is 3. The van der Waals surface area contributed by atoms with Crippen LogP contribution in [0, 0.1) is 0 Å². The lowest BCUT2D eigenvalue weighted by Gasteiger charge is -2.40. The van der Waals surface area contributed by atoms with Gasteiger partial charge >= 0.3 is 6.85 Å². The average molecular weight is 799 g/mol. The second-order valence-electron chi connectivity index (χ2n) is 18.3. The maximum absolute atomic E-state index is 6.89. The number of benzene rings is 8. The standard InChI is InChI=1S/C57H43BN2O2/c1-57(2,3)41-28-27-39(45(33-41)36-17-8-5-9-18-36)34-59-46-29-30-50-51(42-20-10-12-23-48(42)61-50)53(46)58-52-38(31-40(32-47(52)59)35-15-6-4-7-16-35)26-25-37-19-14-22-44-54(37)60(58)55-43-21-11-13-24-49(43)62-56(44)55/h4-24,27-33H,25-26,34H2,1-3H3. The molecule has 0 fully saturated rings. The molecule has 0 spiro atoms. The highest BCUT2D eigenvalue weighted by Crippen LogP contribution is 2.45. The van der Waals surface area contributed by atoms with E-state index in [2.05, 4.69) is 200 Å². The van der Waals surface area contributed by atoms with Gasteiger partial charge in [0, 0.05) is 45.0 Å². The van der Waals surface area contributed by atoms with Crippen LogP contribution in [0.25, 0.3) is 77.2 Å². The van der Waals surface area contributed by atoms with Gasteiger partial charge < -0.3 is 18.2 Å². The first-order chi connectivity index (χ1) is 30.4. The predicted molar refractivity (Wildman–Crippen MR) is 259 cm³/mol. The Hall–Kier alpha value is -7.24. The summed E-state index contributed by atoms with van der Waals surface area (Å²) in [5.41, 5.74) is 21.4. The van der Waals surface area contributed by atoms with E-state index in [1.165, 1.54) is 83.1 Å². The number of fused-ring (bicyclic) bond motifs is 12. The molecule has 8 aromatic carbocycles. The highest BCUT2D eigenvalue weighted by atomic mass is 16.3. The Morgan fingerprint density at radius 1 is 0.516 bits per heavy atom. The van der Waals surface area contributed by atoms with Crippen LogP contribution in [0.2, 0.25) is 0 Å². The summed E-state index contributed by atoms with van der Waals surface area (Å²) >= 11 is 0. The van der Waals surface area contributed by atoms with Gasteiger partial charge in [0.15, 0.2) is 5.58 Å². The average Bonchev–Trinajstić information content (AvgIpc) is 3.97. The fourth-order valence-corrected chi connectivity index (χ4v) is 10.9. The van der Waals surface area contributed by atoms with Gasteiger partial charge in [0.25, 0.3) is 0 Å². The molecule has 0 amide bonds. The molecule has 0 N–H and O–H groups in total. The van der Waals surface area contributed by atoms with Gasteiger partial charge in [-0.1, -0.05) is 148 Å². The molecule has 296 valence electrons. The third-order valence-electron chi connectivity index (χ3n) is 13.8. The van der Waals surface area contributed by atoms with Crippen molar-refractivity contribution in [3.8, 4) is 22.3 Å². The molecule has 0 saturated heterocycles. The molecule has 0 radical (unpaired) electrons. The van der Waals surface area contributed by atoms with Gasteiger partial charge in [0.2, 0.25) is 0 Å². The van der Waals surface area contributed by atoms with Crippen LogP contribution in [0.5, 0.6) is 0 Å². The summed E-state index contributed by atoms with van der Waals surface area (Å²) in [7, 11) is 0. The van der Waals surface area contributed by atoms with E-state index in [0.717, 1.165) is 51.5 Å². The first-order valence-corrected chi connectivity index (χ1v) is 21.9. The van der Waals surface area contributed by atoms with Crippen molar-refractivity contribution in [3.63, 3.8) is 0 Å². The summed E-state index contributed by atoms with van der Waals surface area (Å²) in [5.74, 6) is 0. The minimum Gasteiger partial charge on any atom is -0.456 e. The molecule has 4 nitrogen and oxygen atoms in total. The number of rotatable bonds is 4. The van der Waals surface area contributed by atoms with E-state index in [9.17, 15) is 0 Å². The van der Waals surface area contributed by atoms with Crippen LogP contribution in [-0.4, -0.2) is 11.3 Å². The Morgan fingerprint density at radius 3 is 2.00 bits per heavy atom. The zero-order chi connectivity index (χ0) is 41.3. The van der Waals surface area contributed by atoms with Crippen molar-refractivity contribution < 1.29 is 8.83 Å². The summed E-state index contributed by atoms with van der Waals surface area (Å²) in [6, 6.07) is 62.5. The minimum absolute atomic E-state index is 0.00177. The lowest BCUT2D eigenvalue weighted by Crippen LogP contribution is -2.57. The smallest absolute Gasteiger partial charge is 0.333 e. The minimum atomic E-state index is -0.180. The topological polar surface area (TPSA) is 34.5 Å². The number of anilines is 2. The zero-order valence-corrected chi connectivity index (χ0v) is 35.1. The van der Waals surface area contributed by atoms with Gasteiger partial charge in [-0.05, 0) is 116 Å². The van der Waals surface area contributed by atoms with Gasteiger partial charge in [0.1, 0.15) is 16.7 Å². The van der Waals surface area contributed by atoms with Crippen molar-refractivity contribution in [1.82, 2.24) is 4.48 Å². The molecule has 13 rings (SSSR count). The number of aryl methyl sites for hydroxylation is 2. The van der Waals surface area contributed by atoms with E-state index in [0.29, 0.717) is 6.54 Å². The Bertz CT molecular complexity index is 3610. The Balaban J connectivity index is 1.18. The number of aromatic nitrogens is 1. The maximum atomic E-state index is 6.89. The van der Waals surface area contributed by atoms with Crippen molar-refractivity contribution >= 4 is 84.1 Å². The van der Waals surface area contributed by atoms with Gasteiger partial charge in [-0.3, -0.25) is 0 Å². The molecule has 3 aromatic heterocycles. The molecule has 0 atom stereocenters. The lowest BCUT2D eigenvalue weighted by atomic mass is 9.45. The Morgan fingerprint density at radius 2 is 1.21 bits per heavy atom. The van der Waals surface area contributed by atoms with Gasteiger partial charge in [-0.2, -0.15) is 0 Å². The fraction of sp³-hybridized carbons (Fsp3) is 0.123. The summed E-state index contributed by atoms with van der Waals surface area (Å²) in [6.45, 7) is 7.42. The van der Waals surface area contributed by atoms with E-state index in [1.807, 2.05) is 0 Å². The van der Waals surface area contributed by atoms with Crippen molar-refractivity contribution in [2.24, 2.45) is 0 Å². The Kier molecular flexibility index (Phi) is 7.52. The summed E-state index contributed by atoms with van der Waals surface area (Å²) < 4.78 is 16.3. The number of hydrogen-bond acceptors (Lipinski definition) is 3. The van der Waals surface area contributed by atoms with Crippen LogP contribution in [0.1, 0.15) is 43.0 Å². The molecule has 11 aromatic rings. The Labute approximate surface area is 360 Å². The number of furan rings is 2. The van der Waals surface area contributed by atoms with Crippen LogP contribution >= 0.6 is 0 Å². The fourth-order valence-electron chi connectivity index (χ4n) is 10.9. The van der Waals surface area contributed by atoms with E-state index in [1.54, 1.807) is 0 Å². The zero-order valence-electron chi connectivity index (χ0n) is 35.1. The SMILES string of the molecule is CC(C)(C)c1ccc(CN2c3cc(-c4ccccc4)cc4c3B(c3c2ccc2oc5ccccc5c32)n2c3c(cccc3c3oc5ccccc5c32)CC4)c(-c2ccccc2)c1. The third kappa shape index (κ3) is 5.15.